The molecule has 0 saturated carbocycles. The van der Waals surface area contributed by atoms with Crippen molar-refractivity contribution >= 4 is 17.8 Å². The number of rotatable bonds is 5. The molecule has 0 spiro atoms. The fourth-order valence-corrected chi connectivity index (χ4v) is 2.40. The van der Waals surface area contributed by atoms with Crippen molar-refractivity contribution in [1.82, 2.24) is 4.90 Å². The smallest absolute Gasteiger partial charge is 0.326 e. The summed E-state index contributed by atoms with van der Waals surface area (Å²) in [6.45, 7) is 5.39. The van der Waals surface area contributed by atoms with Crippen molar-refractivity contribution in [3.63, 3.8) is 0 Å². The van der Waals surface area contributed by atoms with E-state index in [9.17, 15) is 14.4 Å². The van der Waals surface area contributed by atoms with Gasteiger partial charge >= 0.3 is 5.97 Å². The molecule has 0 aromatic carbocycles. The van der Waals surface area contributed by atoms with Crippen LogP contribution in [0.5, 0.6) is 0 Å². The van der Waals surface area contributed by atoms with Gasteiger partial charge < -0.3 is 5.11 Å². The van der Waals surface area contributed by atoms with Gasteiger partial charge in [0.25, 0.3) is 0 Å². The lowest BCUT2D eigenvalue weighted by atomic mass is 9.81. The van der Waals surface area contributed by atoms with Crippen LogP contribution >= 0.6 is 0 Å². The standard InChI is InChI=1S/C12H19NO4/c1-4-8(10(15)16)13-9(14)7-12(5-2,6-3)11(13)17/h8H,4-7H2,1-3H3,(H,15,16). The first kappa shape index (κ1) is 13.7. The highest BCUT2D eigenvalue weighted by atomic mass is 16.4. The molecule has 96 valence electrons. The van der Waals surface area contributed by atoms with Crippen LogP contribution in [0.25, 0.3) is 0 Å². The lowest BCUT2D eigenvalue weighted by molar-refractivity contribution is -0.155. The fourth-order valence-electron chi connectivity index (χ4n) is 2.40. The van der Waals surface area contributed by atoms with Gasteiger partial charge in [-0.05, 0) is 19.3 Å². The van der Waals surface area contributed by atoms with Crippen molar-refractivity contribution in [2.45, 2.75) is 52.5 Å². The van der Waals surface area contributed by atoms with Gasteiger partial charge in [-0.15, -0.1) is 0 Å². The molecular weight excluding hydrogens is 222 g/mol. The second-order valence-electron chi connectivity index (χ2n) is 4.50. The summed E-state index contributed by atoms with van der Waals surface area (Å²) in [5.74, 6) is -1.79. The first-order valence-corrected chi connectivity index (χ1v) is 6.02. The average Bonchev–Trinajstić information content (AvgIpc) is 2.54. The van der Waals surface area contributed by atoms with Crippen molar-refractivity contribution < 1.29 is 19.5 Å². The van der Waals surface area contributed by atoms with Crippen LogP contribution in [0.3, 0.4) is 0 Å². The Labute approximate surface area is 101 Å². The van der Waals surface area contributed by atoms with E-state index in [1.807, 2.05) is 13.8 Å². The molecule has 1 aliphatic rings. The van der Waals surface area contributed by atoms with Gasteiger partial charge in [0, 0.05) is 6.42 Å². The van der Waals surface area contributed by atoms with Crippen molar-refractivity contribution in [3.05, 3.63) is 0 Å². The number of carbonyl (C=O) groups is 3. The van der Waals surface area contributed by atoms with Crippen LogP contribution in [-0.4, -0.2) is 33.8 Å². The van der Waals surface area contributed by atoms with E-state index < -0.39 is 17.4 Å². The summed E-state index contributed by atoms with van der Waals surface area (Å²) in [4.78, 5) is 36.1. The Morgan fingerprint density at radius 2 is 1.88 bits per heavy atom. The first-order valence-electron chi connectivity index (χ1n) is 6.02. The molecule has 1 rings (SSSR count). The molecule has 0 aromatic rings. The van der Waals surface area contributed by atoms with Gasteiger partial charge in [-0.2, -0.15) is 0 Å². The molecule has 2 amide bonds. The third kappa shape index (κ3) is 2.06. The number of amides is 2. The normalized spacial score (nSPS) is 20.8. The highest BCUT2D eigenvalue weighted by molar-refractivity contribution is 6.08. The maximum Gasteiger partial charge on any atom is 0.326 e. The quantitative estimate of drug-likeness (QED) is 0.738. The minimum Gasteiger partial charge on any atom is -0.480 e. The number of likely N-dealkylation sites (tertiary alicyclic amines) is 1. The zero-order chi connectivity index (χ0) is 13.2. The predicted molar refractivity (Wildman–Crippen MR) is 61.2 cm³/mol. The van der Waals surface area contributed by atoms with E-state index in [-0.39, 0.29) is 24.7 Å². The molecule has 1 aliphatic heterocycles. The van der Waals surface area contributed by atoms with E-state index in [0.717, 1.165) is 4.90 Å². The molecule has 0 aliphatic carbocycles. The minimum atomic E-state index is -1.11. The molecule has 0 aromatic heterocycles. The van der Waals surface area contributed by atoms with E-state index in [0.29, 0.717) is 12.8 Å². The molecular formula is C12H19NO4. The monoisotopic (exact) mass is 241 g/mol. The number of carbonyl (C=O) groups excluding carboxylic acids is 2. The molecule has 1 saturated heterocycles. The second-order valence-corrected chi connectivity index (χ2v) is 4.50. The van der Waals surface area contributed by atoms with Crippen LogP contribution < -0.4 is 0 Å². The molecule has 1 heterocycles. The Balaban J connectivity index is 3.08. The summed E-state index contributed by atoms with van der Waals surface area (Å²) in [6.07, 6.45) is 1.53. The summed E-state index contributed by atoms with van der Waals surface area (Å²) in [5, 5.41) is 9.04. The minimum absolute atomic E-state index is 0.141. The molecule has 17 heavy (non-hydrogen) atoms. The van der Waals surface area contributed by atoms with Gasteiger partial charge in [-0.3, -0.25) is 14.5 Å². The van der Waals surface area contributed by atoms with E-state index in [1.165, 1.54) is 0 Å². The Bertz CT molecular complexity index is 346. The van der Waals surface area contributed by atoms with Crippen LogP contribution in [0.4, 0.5) is 0 Å². The Morgan fingerprint density at radius 3 is 2.18 bits per heavy atom. The molecule has 1 fully saturated rings. The van der Waals surface area contributed by atoms with Crippen LogP contribution in [0, 0.1) is 5.41 Å². The lowest BCUT2D eigenvalue weighted by Crippen LogP contribution is -2.46. The largest absolute Gasteiger partial charge is 0.480 e. The van der Waals surface area contributed by atoms with E-state index >= 15 is 0 Å². The van der Waals surface area contributed by atoms with Crippen molar-refractivity contribution in [3.8, 4) is 0 Å². The number of aliphatic carboxylic acids is 1. The molecule has 5 heteroatoms. The zero-order valence-corrected chi connectivity index (χ0v) is 10.5. The Morgan fingerprint density at radius 1 is 1.35 bits per heavy atom. The molecule has 1 unspecified atom stereocenters. The maximum atomic E-state index is 12.2. The molecule has 0 bridgehead atoms. The van der Waals surface area contributed by atoms with Gasteiger partial charge in [0.2, 0.25) is 11.8 Å². The number of hydrogen-bond acceptors (Lipinski definition) is 3. The average molecular weight is 241 g/mol. The second kappa shape index (κ2) is 4.85. The molecule has 1 atom stereocenters. The third-order valence-electron chi connectivity index (χ3n) is 3.77. The number of hydrogen-bond donors (Lipinski definition) is 1. The summed E-state index contributed by atoms with van der Waals surface area (Å²) in [7, 11) is 0. The van der Waals surface area contributed by atoms with Crippen LogP contribution in [0.15, 0.2) is 0 Å². The number of nitrogens with zero attached hydrogens (tertiary/aromatic N) is 1. The molecule has 0 radical (unpaired) electrons. The van der Waals surface area contributed by atoms with Crippen LogP contribution in [-0.2, 0) is 14.4 Å². The van der Waals surface area contributed by atoms with Crippen LogP contribution in [0.2, 0.25) is 0 Å². The number of carboxylic acid groups (broad SMARTS) is 1. The highest BCUT2D eigenvalue weighted by Crippen LogP contribution is 2.40. The van der Waals surface area contributed by atoms with E-state index in [2.05, 4.69) is 0 Å². The Kier molecular flexibility index (Phi) is 3.91. The fraction of sp³-hybridized carbons (Fsp3) is 0.750. The summed E-state index contributed by atoms with van der Waals surface area (Å²) in [6, 6.07) is -1.02. The van der Waals surface area contributed by atoms with Gasteiger partial charge in [-0.1, -0.05) is 20.8 Å². The molecule has 5 nitrogen and oxygen atoms in total. The molecule has 1 N–H and O–H groups in total. The first-order chi connectivity index (χ1) is 7.93. The lowest BCUT2D eigenvalue weighted by Gasteiger charge is -2.26. The summed E-state index contributed by atoms with van der Waals surface area (Å²) in [5.41, 5.74) is -0.681. The summed E-state index contributed by atoms with van der Waals surface area (Å²) < 4.78 is 0. The maximum absolute atomic E-state index is 12.2. The van der Waals surface area contributed by atoms with Gasteiger partial charge in [0.15, 0.2) is 0 Å². The van der Waals surface area contributed by atoms with Crippen molar-refractivity contribution in [1.29, 1.82) is 0 Å². The van der Waals surface area contributed by atoms with Crippen molar-refractivity contribution in [2.24, 2.45) is 5.41 Å². The van der Waals surface area contributed by atoms with E-state index in [1.54, 1.807) is 6.92 Å². The van der Waals surface area contributed by atoms with Gasteiger partial charge in [0.1, 0.15) is 6.04 Å². The zero-order valence-electron chi connectivity index (χ0n) is 10.5. The van der Waals surface area contributed by atoms with Gasteiger partial charge in [-0.25, -0.2) is 4.79 Å². The Hall–Kier alpha value is -1.39. The number of imide groups is 1. The third-order valence-corrected chi connectivity index (χ3v) is 3.77. The van der Waals surface area contributed by atoms with Gasteiger partial charge in [0.05, 0.1) is 5.41 Å². The highest BCUT2D eigenvalue weighted by Gasteiger charge is 2.52. The predicted octanol–water partition coefficient (Wildman–Crippen LogP) is 1.41. The van der Waals surface area contributed by atoms with Crippen LogP contribution in [0.1, 0.15) is 46.5 Å². The number of carboxylic acids is 1. The topological polar surface area (TPSA) is 74.7 Å². The summed E-state index contributed by atoms with van der Waals surface area (Å²) >= 11 is 0. The van der Waals surface area contributed by atoms with Crippen molar-refractivity contribution in [2.75, 3.05) is 0 Å². The SMILES string of the molecule is CCC(C(=O)O)N1C(=O)CC(CC)(CC)C1=O. The van der Waals surface area contributed by atoms with E-state index in [4.69, 9.17) is 5.11 Å².